The van der Waals surface area contributed by atoms with Gasteiger partial charge in [-0.2, -0.15) is 0 Å². The van der Waals surface area contributed by atoms with Gasteiger partial charge in [0.15, 0.2) is 5.76 Å². The summed E-state index contributed by atoms with van der Waals surface area (Å²) in [4.78, 5) is 21.5. The first kappa shape index (κ1) is 10.6. The molecule has 0 saturated carbocycles. The van der Waals surface area contributed by atoms with Gasteiger partial charge in [-0.05, 0) is 6.42 Å². The Labute approximate surface area is 80.7 Å². The van der Waals surface area contributed by atoms with Crippen LogP contribution in [0.1, 0.15) is 25.5 Å². The van der Waals surface area contributed by atoms with Crippen LogP contribution in [-0.2, 0) is 16.0 Å². The molecule has 0 amide bonds. The number of carbonyl (C=O) groups is 1. The van der Waals surface area contributed by atoms with Gasteiger partial charge in [0.2, 0.25) is 0 Å². The van der Waals surface area contributed by atoms with Crippen LogP contribution in [0.3, 0.4) is 0 Å². The van der Waals surface area contributed by atoms with Gasteiger partial charge in [0.25, 0.3) is 0 Å². The molecular formula is C9H12O5. The van der Waals surface area contributed by atoms with Crippen LogP contribution in [0, 0.1) is 0 Å². The third-order valence-corrected chi connectivity index (χ3v) is 1.58. The zero-order valence-corrected chi connectivity index (χ0v) is 7.95. The molecule has 0 aliphatic carbocycles. The van der Waals surface area contributed by atoms with Crippen molar-refractivity contribution in [2.75, 3.05) is 6.61 Å². The van der Waals surface area contributed by atoms with Crippen LogP contribution in [0.25, 0.3) is 0 Å². The first-order valence-corrected chi connectivity index (χ1v) is 4.45. The van der Waals surface area contributed by atoms with Crippen LogP contribution in [0.2, 0.25) is 0 Å². The standard InChI is InChI=1S/C9H12O5/c1-2-3-4-12-8(10)5-7-6-13-9(11)14-7/h6H,2-5H2,1H3. The van der Waals surface area contributed by atoms with E-state index < -0.39 is 11.8 Å². The quantitative estimate of drug-likeness (QED) is 0.526. The second kappa shape index (κ2) is 5.26. The van der Waals surface area contributed by atoms with E-state index in [1.807, 2.05) is 6.92 Å². The summed E-state index contributed by atoms with van der Waals surface area (Å²) >= 11 is 0. The second-order valence-electron chi connectivity index (χ2n) is 2.80. The fourth-order valence-electron chi connectivity index (χ4n) is 0.870. The average molecular weight is 200 g/mol. The van der Waals surface area contributed by atoms with Crippen molar-refractivity contribution in [1.29, 1.82) is 0 Å². The van der Waals surface area contributed by atoms with E-state index in [2.05, 4.69) is 8.83 Å². The maximum absolute atomic E-state index is 11.1. The Bertz CT molecular complexity index is 335. The summed E-state index contributed by atoms with van der Waals surface area (Å²) in [5.74, 6) is -1.03. The molecule has 14 heavy (non-hydrogen) atoms. The van der Waals surface area contributed by atoms with Crippen molar-refractivity contribution in [2.45, 2.75) is 26.2 Å². The number of esters is 1. The van der Waals surface area contributed by atoms with Crippen LogP contribution in [0.5, 0.6) is 0 Å². The number of carbonyl (C=O) groups excluding carboxylic acids is 1. The highest BCUT2D eigenvalue weighted by atomic mass is 16.6. The number of hydrogen-bond acceptors (Lipinski definition) is 5. The molecule has 5 heteroatoms. The smallest absolute Gasteiger partial charge is 0.465 e. The Morgan fingerprint density at radius 1 is 1.57 bits per heavy atom. The average Bonchev–Trinajstić information content (AvgIpc) is 2.52. The molecule has 0 aliphatic rings. The van der Waals surface area contributed by atoms with E-state index in [-0.39, 0.29) is 12.2 Å². The number of rotatable bonds is 5. The molecule has 0 aromatic carbocycles. The summed E-state index contributed by atoms with van der Waals surface area (Å²) in [7, 11) is 0. The maximum Gasteiger partial charge on any atom is 0.518 e. The first-order valence-electron chi connectivity index (χ1n) is 4.45. The zero-order chi connectivity index (χ0) is 10.4. The van der Waals surface area contributed by atoms with Gasteiger partial charge in [-0.25, -0.2) is 4.79 Å². The van der Waals surface area contributed by atoms with Crippen LogP contribution >= 0.6 is 0 Å². The number of hydrogen-bond donors (Lipinski definition) is 0. The van der Waals surface area contributed by atoms with Gasteiger partial charge in [-0.15, -0.1) is 0 Å². The first-order chi connectivity index (χ1) is 6.72. The number of ether oxygens (including phenoxy) is 1. The second-order valence-corrected chi connectivity index (χ2v) is 2.80. The minimum absolute atomic E-state index is 0.0601. The molecule has 0 saturated heterocycles. The molecule has 5 nitrogen and oxygen atoms in total. The van der Waals surface area contributed by atoms with Gasteiger partial charge in [0.1, 0.15) is 12.7 Å². The Morgan fingerprint density at radius 3 is 2.93 bits per heavy atom. The van der Waals surface area contributed by atoms with E-state index in [1.54, 1.807) is 0 Å². The Hall–Kier alpha value is -1.52. The SMILES string of the molecule is CCCCOC(=O)Cc1coc(=O)o1. The van der Waals surface area contributed by atoms with Crippen LogP contribution in [-0.4, -0.2) is 12.6 Å². The zero-order valence-electron chi connectivity index (χ0n) is 7.95. The van der Waals surface area contributed by atoms with Gasteiger partial charge in [0.05, 0.1) is 6.61 Å². The van der Waals surface area contributed by atoms with Crippen LogP contribution < -0.4 is 5.82 Å². The molecule has 1 heterocycles. The third-order valence-electron chi connectivity index (χ3n) is 1.58. The molecule has 0 N–H and O–H groups in total. The molecular weight excluding hydrogens is 188 g/mol. The lowest BCUT2D eigenvalue weighted by Crippen LogP contribution is -2.08. The Morgan fingerprint density at radius 2 is 2.36 bits per heavy atom. The van der Waals surface area contributed by atoms with Gasteiger partial charge in [-0.1, -0.05) is 13.3 Å². The molecule has 0 aliphatic heterocycles. The molecule has 1 aromatic rings. The monoisotopic (exact) mass is 200 g/mol. The molecule has 78 valence electrons. The van der Waals surface area contributed by atoms with Crippen molar-refractivity contribution in [3.05, 3.63) is 22.6 Å². The van der Waals surface area contributed by atoms with Crippen molar-refractivity contribution in [2.24, 2.45) is 0 Å². The molecule has 1 rings (SSSR count). The summed E-state index contributed by atoms with van der Waals surface area (Å²) in [6, 6.07) is 0. The highest BCUT2D eigenvalue weighted by Crippen LogP contribution is 1.99. The third kappa shape index (κ3) is 3.47. The highest BCUT2D eigenvalue weighted by molar-refractivity contribution is 5.71. The van der Waals surface area contributed by atoms with Gasteiger partial charge >= 0.3 is 11.8 Å². The lowest BCUT2D eigenvalue weighted by molar-refractivity contribution is -0.143. The normalized spacial score (nSPS) is 10.1. The minimum atomic E-state index is -0.804. The molecule has 1 aromatic heterocycles. The Balaban J connectivity index is 2.30. The van der Waals surface area contributed by atoms with Crippen molar-refractivity contribution < 1.29 is 18.4 Å². The van der Waals surface area contributed by atoms with Gasteiger partial charge in [-0.3, -0.25) is 4.79 Å². The van der Waals surface area contributed by atoms with Gasteiger partial charge in [0, 0.05) is 0 Å². The largest absolute Gasteiger partial charge is 0.518 e. The van der Waals surface area contributed by atoms with E-state index in [4.69, 9.17) is 4.74 Å². The molecule has 0 radical (unpaired) electrons. The Kier molecular flexibility index (Phi) is 3.97. The van der Waals surface area contributed by atoms with Gasteiger partial charge < -0.3 is 13.6 Å². The summed E-state index contributed by atoms with van der Waals surface area (Å²) in [6.07, 6.45) is 2.86. The van der Waals surface area contributed by atoms with E-state index in [0.29, 0.717) is 6.61 Å². The fourth-order valence-corrected chi connectivity index (χ4v) is 0.870. The molecule has 0 fully saturated rings. The highest BCUT2D eigenvalue weighted by Gasteiger charge is 2.09. The van der Waals surface area contributed by atoms with Crippen molar-refractivity contribution in [3.8, 4) is 0 Å². The lowest BCUT2D eigenvalue weighted by Gasteiger charge is -2.00. The van der Waals surface area contributed by atoms with E-state index >= 15 is 0 Å². The lowest BCUT2D eigenvalue weighted by atomic mass is 10.3. The molecule has 0 atom stereocenters. The molecule has 0 unspecified atom stereocenters. The van der Waals surface area contributed by atoms with Crippen LogP contribution in [0.15, 0.2) is 19.9 Å². The molecule has 0 spiro atoms. The van der Waals surface area contributed by atoms with Crippen molar-refractivity contribution >= 4 is 5.97 Å². The minimum Gasteiger partial charge on any atom is -0.465 e. The summed E-state index contributed by atoms with van der Waals surface area (Å²) < 4.78 is 13.8. The van der Waals surface area contributed by atoms with E-state index in [9.17, 15) is 9.59 Å². The topological polar surface area (TPSA) is 69.7 Å². The summed E-state index contributed by atoms with van der Waals surface area (Å²) in [5.41, 5.74) is 0. The predicted molar refractivity (Wildman–Crippen MR) is 46.8 cm³/mol. The summed E-state index contributed by atoms with van der Waals surface area (Å²) in [6.45, 7) is 2.40. The van der Waals surface area contributed by atoms with Crippen LogP contribution in [0.4, 0.5) is 0 Å². The van der Waals surface area contributed by atoms with E-state index in [0.717, 1.165) is 19.1 Å². The fraction of sp³-hybridized carbons (Fsp3) is 0.556. The molecule has 0 bridgehead atoms. The van der Waals surface area contributed by atoms with Crippen molar-refractivity contribution in [1.82, 2.24) is 0 Å². The maximum atomic E-state index is 11.1. The number of unbranched alkanes of at least 4 members (excludes halogenated alkanes) is 1. The predicted octanol–water partition coefficient (Wildman–Crippen LogP) is 1.12. The summed E-state index contributed by atoms with van der Waals surface area (Å²) in [5, 5.41) is 0. The van der Waals surface area contributed by atoms with E-state index in [1.165, 1.54) is 0 Å². The van der Waals surface area contributed by atoms with Crippen molar-refractivity contribution in [3.63, 3.8) is 0 Å².